The Labute approximate surface area is 187 Å². The molecule has 0 unspecified atom stereocenters. The van der Waals surface area contributed by atoms with Crippen LogP contribution >= 0.6 is 11.3 Å². The molecular weight excluding hydrogens is 408 g/mol. The molecule has 0 aliphatic heterocycles. The number of hydrogen-bond donors (Lipinski definition) is 1. The van der Waals surface area contributed by atoms with E-state index in [1.54, 1.807) is 25.7 Å². The average molecular weight is 437 g/mol. The summed E-state index contributed by atoms with van der Waals surface area (Å²) in [5, 5.41) is 5.34. The van der Waals surface area contributed by atoms with Crippen LogP contribution in [0.1, 0.15) is 40.9 Å². The highest BCUT2D eigenvalue weighted by Crippen LogP contribution is 2.31. The molecule has 7 heteroatoms. The van der Waals surface area contributed by atoms with Gasteiger partial charge in [0.25, 0.3) is 5.91 Å². The van der Waals surface area contributed by atoms with Crippen molar-refractivity contribution in [3.05, 3.63) is 64.7 Å². The van der Waals surface area contributed by atoms with Crippen LogP contribution in [0.4, 0.5) is 0 Å². The molecule has 1 aliphatic carbocycles. The molecule has 0 spiro atoms. The minimum Gasteiger partial charge on any atom is -0.496 e. The predicted octanol–water partition coefficient (Wildman–Crippen LogP) is 4.39. The lowest BCUT2D eigenvalue weighted by molar-refractivity contribution is 0.0604. The minimum atomic E-state index is 0.0925. The maximum Gasteiger partial charge on any atom is 0.264 e. The van der Waals surface area contributed by atoms with Gasteiger partial charge in [-0.15, -0.1) is 11.3 Å². The lowest BCUT2D eigenvalue weighted by Gasteiger charge is -2.37. The molecule has 6 nitrogen and oxygen atoms in total. The summed E-state index contributed by atoms with van der Waals surface area (Å²) < 4.78 is 5.65. The van der Waals surface area contributed by atoms with Gasteiger partial charge in [0.2, 0.25) is 0 Å². The topological polar surface area (TPSA) is 67.3 Å². The molecule has 2 heterocycles. The van der Waals surface area contributed by atoms with Crippen molar-refractivity contribution in [2.75, 3.05) is 14.2 Å². The third-order valence-electron chi connectivity index (χ3n) is 6.02. The third-order valence-corrected chi connectivity index (χ3v) is 6.88. The van der Waals surface area contributed by atoms with E-state index in [2.05, 4.69) is 21.4 Å². The van der Waals surface area contributed by atoms with E-state index in [4.69, 9.17) is 4.74 Å². The molecule has 2 aromatic heterocycles. The molecule has 0 bridgehead atoms. The number of nitrogens with one attached hydrogen (secondary N) is 1. The summed E-state index contributed by atoms with van der Waals surface area (Å²) >= 11 is 1.50. The van der Waals surface area contributed by atoms with Crippen LogP contribution in [-0.2, 0) is 6.54 Å². The van der Waals surface area contributed by atoms with Crippen molar-refractivity contribution < 1.29 is 9.53 Å². The molecule has 0 saturated heterocycles. The van der Waals surface area contributed by atoms with Crippen LogP contribution in [0.2, 0.25) is 0 Å². The standard InChI is InChI=1S/C24H28N4O2S/c1-25-19-6-8-20(9-7-19)28(24(29)23-4-3-13-31-23)16-18-14-17(5-10-22(18)30-2)21-15-26-11-12-27-21/h3-5,10-15,19-20,25H,6-9,16H2,1-2H3. The number of methoxy groups -OCH3 is 1. The van der Waals surface area contributed by atoms with E-state index >= 15 is 0 Å². The number of ether oxygens (including phenoxy) is 1. The number of nitrogens with zero attached hydrogens (tertiary/aromatic N) is 3. The number of benzene rings is 1. The normalized spacial score (nSPS) is 18.5. The van der Waals surface area contributed by atoms with Crippen molar-refractivity contribution in [1.82, 2.24) is 20.2 Å². The van der Waals surface area contributed by atoms with Gasteiger partial charge in [-0.25, -0.2) is 0 Å². The number of carbonyl (C=O) groups excluding carboxylic acids is 1. The summed E-state index contributed by atoms with van der Waals surface area (Å²) in [6.45, 7) is 0.503. The number of aromatic nitrogens is 2. The first-order valence-corrected chi connectivity index (χ1v) is 11.5. The van der Waals surface area contributed by atoms with Crippen LogP contribution in [0.15, 0.2) is 54.3 Å². The van der Waals surface area contributed by atoms with Crippen molar-refractivity contribution in [3.8, 4) is 17.0 Å². The van der Waals surface area contributed by atoms with Crippen LogP contribution in [0.25, 0.3) is 11.3 Å². The average Bonchev–Trinajstić information content (AvgIpc) is 3.38. The Balaban J connectivity index is 1.65. The minimum absolute atomic E-state index is 0.0925. The smallest absolute Gasteiger partial charge is 0.264 e. The highest BCUT2D eigenvalue weighted by atomic mass is 32.1. The van der Waals surface area contributed by atoms with Gasteiger partial charge < -0.3 is 15.0 Å². The summed E-state index contributed by atoms with van der Waals surface area (Å²) in [6.07, 6.45) is 9.24. The molecule has 1 fully saturated rings. The summed E-state index contributed by atoms with van der Waals surface area (Å²) in [6, 6.07) is 10.6. The Kier molecular flexibility index (Phi) is 6.94. The zero-order valence-electron chi connectivity index (χ0n) is 18.0. The molecule has 0 atom stereocenters. The van der Waals surface area contributed by atoms with Gasteiger partial charge in [-0.1, -0.05) is 6.07 Å². The summed E-state index contributed by atoms with van der Waals surface area (Å²) in [5.74, 6) is 0.871. The van der Waals surface area contributed by atoms with Gasteiger partial charge in [-0.05, 0) is 62.4 Å². The van der Waals surface area contributed by atoms with Gasteiger partial charge in [-0.3, -0.25) is 14.8 Å². The SMILES string of the molecule is CNC1CCC(N(Cc2cc(-c3cnccn3)ccc2OC)C(=O)c2cccs2)CC1. The van der Waals surface area contributed by atoms with Gasteiger partial charge in [0, 0.05) is 42.1 Å². The van der Waals surface area contributed by atoms with Gasteiger partial charge in [0.1, 0.15) is 5.75 Å². The molecule has 1 amide bonds. The predicted molar refractivity (Wildman–Crippen MR) is 123 cm³/mol. The van der Waals surface area contributed by atoms with Crippen LogP contribution in [0, 0.1) is 0 Å². The Hall–Kier alpha value is -2.77. The third kappa shape index (κ3) is 4.94. The van der Waals surface area contributed by atoms with Gasteiger partial charge in [0.15, 0.2) is 0 Å². The molecule has 31 heavy (non-hydrogen) atoms. The Morgan fingerprint density at radius 2 is 2.06 bits per heavy atom. The van der Waals surface area contributed by atoms with E-state index in [1.807, 2.05) is 41.6 Å². The van der Waals surface area contributed by atoms with Crippen molar-refractivity contribution >= 4 is 17.2 Å². The Bertz CT molecular complexity index is 986. The van der Waals surface area contributed by atoms with Crippen molar-refractivity contribution in [2.24, 2.45) is 0 Å². The second-order valence-corrected chi connectivity index (χ2v) is 8.77. The van der Waals surface area contributed by atoms with Gasteiger partial charge >= 0.3 is 0 Å². The number of carbonyl (C=O) groups is 1. The van der Waals surface area contributed by atoms with E-state index in [1.165, 1.54) is 11.3 Å². The zero-order valence-corrected chi connectivity index (χ0v) is 18.8. The van der Waals surface area contributed by atoms with E-state index in [0.717, 1.165) is 53.1 Å². The largest absolute Gasteiger partial charge is 0.496 e. The molecule has 3 aromatic rings. The highest BCUT2D eigenvalue weighted by Gasteiger charge is 2.30. The molecule has 1 saturated carbocycles. The summed E-state index contributed by atoms with van der Waals surface area (Å²) in [4.78, 5) is 24.9. The lowest BCUT2D eigenvalue weighted by Crippen LogP contribution is -2.44. The Morgan fingerprint density at radius 1 is 1.23 bits per heavy atom. The molecule has 0 radical (unpaired) electrons. The van der Waals surface area contributed by atoms with Crippen LogP contribution in [0.5, 0.6) is 5.75 Å². The first-order valence-electron chi connectivity index (χ1n) is 10.6. The van der Waals surface area contributed by atoms with Gasteiger partial charge in [-0.2, -0.15) is 0 Å². The van der Waals surface area contributed by atoms with Crippen LogP contribution < -0.4 is 10.1 Å². The molecule has 4 rings (SSSR count). The first-order chi connectivity index (χ1) is 15.2. The zero-order chi connectivity index (χ0) is 21.6. The fourth-order valence-corrected chi connectivity index (χ4v) is 4.96. The number of rotatable bonds is 7. The van der Waals surface area contributed by atoms with Gasteiger partial charge in [0.05, 0.1) is 23.9 Å². The summed E-state index contributed by atoms with van der Waals surface area (Å²) in [5.41, 5.74) is 2.75. The van der Waals surface area contributed by atoms with E-state index in [0.29, 0.717) is 12.6 Å². The molecule has 162 valence electrons. The molecule has 1 N–H and O–H groups in total. The second-order valence-electron chi connectivity index (χ2n) is 7.82. The number of amides is 1. The fourth-order valence-electron chi connectivity index (χ4n) is 4.28. The van der Waals surface area contributed by atoms with E-state index in [9.17, 15) is 4.79 Å². The second kappa shape index (κ2) is 10.0. The maximum atomic E-state index is 13.5. The van der Waals surface area contributed by atoms with Crippen molar-refractivity contribution in [1.29, 1.82) is 0 Å². The molecular formula is C24H28N4O2S. The molecule has 1 aromatic carbocycles. The van der Waals surface area contributed by atoms with Crippen molar-refractivity contribution in [3.63, 3.8) is 0 Å². The monoisotopic (exact) mass is 436 g/mol. The van der Waals surface area contributed by atoms with Crippen LogP contribution in [-0.4, -0.2) is 47.0 Å². The van der Waals surface area contributed by atoms with Crippen molar-refractivity contribution in [2.45, 2.75) is 44.3 Å². The van der Waals surface area contributed by atoms with E-state index in [-0.39, 0.29) is 11.9 Å². The van der Waals surface area contributed by atoms with E-state index < -0.39 is 0 Å². The summed E-state index contributed by atoms with van der Waals surface area (Å²) in [7, 11) is 3.69. The number of thiophene rings is 1. The fraction of sp³-hybridized carbons (Fsp3) is 0.375. The van der Waals surface area contributed by atoms with Crippen LogP contribution in [0.3, 0.4) is 0 Å². The highest BCUT2D eigenvalue weighted by molar-refractivity contribution is 7.12. The number of hydrogen-bond acceptors (Lipinski definition) is 6. The molecule has 1 aliphatic rings. The maximum absolute atomic E-state index is 13.5. The quantitative estimate of drug-likeness (QED) is 0.595. The first kappa shape index (κ1) is 21.5. The Morgan fingerprint density at radius 3 is 2.71 bits per heavy atom. The lowest BCUT2D eigenvalue weighted by atomic mass is 9.89.